The SMILES string of the molecule is O=C(NC1CCN2CCCCC12)c1cc(Cl)ccc1O. The van der Waals surface area contributed by atoms with Crippen LogP contribution in [-0.4, -0.2) is 41.1 Å². The molecular weight excluding hydrogens is 276 g/mol. The van der Waals surface area contributed by atoms with E-state index in [4.69, 9.17) is 11.6 Å². The molecule has 0 saturated carbocycles. The third-order valence-corrected chi connectivity index (χ3v) is 4.61. The molecule has 2 aliphatic rings. The second kappa shape index (κ2) is 5.62. The summed E-state index contributed by atoms with van der Waals surface area (Å²) in [5.74, 6) is -0.257. The summed E-state index contributed by atoms with van der Waals surface area (Å²) in [5, 5.41) is 13.3. The van der Waals surface area contributed by atoms with E-state index in [1.165, 1.54) is 25.0 Å². The van der Waals surface area contributed by atoms with Crippen LogP contribution in [-0.2, 0) is 0 Å². The van der Waals surface area contributed by atoms with Gasteiger partial charge in [-0.2, -0.15) is 0 Å². The van der Waals surface area contributed by atoms with Crippen molar-refractivity contribution in [1.82, 2.24) is 10.2 Å². The van der Waals surface area contributed by atoms with Crippen LogP contribution in [0.1, 0.15) is 36.0 Å². The van der Waals surface area contributed by atoms with Crippen molar-refractivity contribution in [2.24, 2.45) is 0 Å². The van der Waals surface area contributed by atoms with Gasteiger partial charge in [0.05, 0.1) is 5.56 Å². The lowest BCUT2D eigenvalue weighted by Crippen LogP contribution is -2.46. The Bertz CT molecular complexity index is 521. The zero-order valence-electron chi connectivity index (χ0n) is 11.3. The van der Waals surface area contributed by atoms with Gasteiger partial charge < -0.3 is 10.4 Å². The Kier molecular flexibility index (Phi) is 3.85. The number of carbonyl (C=O) groups excluding carboxylic acids is 1. The summed E-state index contributed by atoms with van der Waals surface area (Å²) in [7, 11) is 0. The molecule has 2 atom stereocenters. The molecule has 1 amide bonds. The quantitative estimate of drug-likeness (QED) is 0.881. The predicted octanol–water partition coefficient (Wildman–Crippen LogP) is 2.40. The normalized spacial score (nSPS) is 26.2. The number of fused-ring (bicyclic) bond motifs is 1. The van der Waals surface area contributed by atoms with Crippen LogP contribution in [0.2, 0.25) is 5.02 Å². The van der Waals surface area contributed by atoms with Gasteiger partial charge in [0.25, 0.3) is 5.91 Å². The van der Waals surface area contributed by atoms with Gasteiger partial charge in [-0.25, -0.2) is 0 Å². The first-order valence-corrected chi connectivity index (χ1v) is 7.56. The number of benzene rings is 1. The second-order valence-electron chi connectivity index (χ2n) is 5.63. The number of hydrogen-bond donors (Lipinski definition) is 2. The van der Waals surface area contributed by atoms with Gasteiger partial charge >= 0.3 is 0 Å². The fourth-order valence-corrected chi connectivity index (χ4v) is 3.52. The summed E-state index contributed by atoms with van der Waals surface area (Å²) in [6.07, 6.45) is 4.62. The first-order chi connectivity index (χ1) is 9.65. The van der Waals surface area contributed by atoms with Crippen molar-refractivity contribution in [3.05, 3.63) is 28.8 Å². The number of phenolic OH excluding ortho intramolecular Hbond substituents is 1. The van der Waals surface area contributed by atoms with Gasteiger partial charge in [-0.15, -0.1) is 0 Å². The Balaban J connectivity index is 1.71. The molecule has 0 radical (unpaired) electrons. The zero-order valence-corrected chi connectivity index (χ0v) is 12.1. The average molecular weight is 295 g/mol. The van der Waals surface area contributed by atoms with Crippen LogP contribution in [0.5, 0.6) is 5.75 Å². The van der Waals surface area contributed by atoms with E-state index in [1.807, 2.05) is 0 Å². The second-order valence-corrected chi connectivity index (χ2v) is 6.07. The highest BCUT2D eigenvalue weighted by molar-refractivity contribution is 6.31. The van der Waals surface area contributed by atoms with Gasteiger partial charge in [0.15, 0.2) is 0 Å². The van der Waals surface area contributed by atoms with Crippen LogP contribution in [0.4, 0.5) is 0 Å². The summed E-state index contributed by atoms with van der Waals surface area (Å²) in [6, 6.07) is 5.18. The molecule has 2 N–H and O–H groups in total. The van der Waals surface area contributed by atoms with Crippen molar-refractivity contribution >= 4 is 17.5 Å². The number of nitrogens with one attached hydrogen (secondary N) is 1. The Labute approximate surface area is 123 Å². The van der Waals surface area contributed by atoms with Crippen LogP contribution in [0.25, 0.3) is 0 Å². The molecule has 1 aromatic rings. The van der Waals surface area contributed by atoms with E-state index in [0.717, 1.165) is 25.9 Å². The number of hydrogen-bond acceptors (Lipinski definition) is 3. The van der Waals surface area contributed by atoms with Crippen LogP contribution < -0.4 is 5.32 Å². The number of carbonyl (C=O) groups is 1. The fraction of sp³-hybridized carbons (Fsp3) is 0.533. The number of aromatic hydroxyl groups is 1. The molecule has 3 rings (SSSR count). The number of phenols is 1. The maximum atomic E-state index is 12.3. The van der Waals surface area contributed by atoms with Gasteiger partial charge in [-0.05, 0) is 44.0 Å². The van der Waals surface area contributed by atoms with Crippen molar-refractivity contribution in [1.29, 1.82) is 0 Å². The first-order valence-electron chi connectivity index (χ1n) is 7.18. The van der Waals surface area contributed by atoms with Crippen LogP contribution in [0.3, 0.4) is 0 Å². The van der Waals surface area contributed by atoms with E-state index in [9.17, 15) is 9.90 Å². The summed E-state index contributed by atoms with van der Waals surface area (Å²) in [6.45, 7) is 2.19. The highest BCUT2D eigenvalue weighted by atomic mass is 35.5. The summed E-state index contributed by atoms with van der Waals surface area (Å²) >= 11 is 5.89. The van der Waals surface area contributed by atoms with Crippen molar-refractivity contribution in [2.75, 3.05) is 13.1 Å². The lowest BCUT2D eigenvalue weighted by Gasteiger charge is -2.32. The number of nitrogens with zero attached hydrogens (tertiary/aromatic N) is 1. The Hall–Kier alpha value is -1.26. The smallest absolute Gasteiger partial charge is 0.255 e. The minimum Gasteiger partial charge on any atom is -0.507 e. The average Bonchev–Trinajstić information content (AvgIpc) is 2.85. The Morgan fingerprint density at radius 2 is 2.15 bits per heavy atom. The third kappa shape index (κ3) is 2.63. The largest absolute Gasteiger partial charge is 0.507 e. The summed E-state index contributed by atoms with van der Waals surface area (Å²) < 4.78 is 0. The van der Waals surface area contributed by atoms with E-state index >= 15 is 0 Å². The Morgan fingerprint density at radius 3 is 3.00 bits per heavy atom. The van der Waals surface area contributed by atoms with E-state index in [0.29, 0.717) is 11.1 Å². The minimum atomic E-state index is -0.234. The molecule has 2 heterocycles. The lowest BCUT2D eigenvalue weighted by atomic mass is 9.98. The molecule has 2 aliphatic heterocycles. The molecule has 20 heavy (non-hydrogen) atoms. The number of rotatable bonds is 2. The minimum absolute atomic E-state index is 0.0228. The monoisotopic (exact) mass is 294 g/mol. The van der Waals surface area contributed by atoms with Crippen molar-refractivity contribution in [2.45, 2.75) is 37.8 Å². The molecule has 0 spiro atoms. The molecule has 0 aliphatic carbocycles. The number of piperidine rings is 1. The topological polar surface area (TPSA) is 52.6 Å². The molecule has 2 saturated heterocycles. The van der Waals surface area contributed by atoms with E-state index in [-0.39, 0.29) is 23.3 Å². The lowest BCUT2D eigenvalue weighted by molar-refractivity contribution is 0.0912. The predicted molar refractivity (Wildman–Crippen MR) is 78.2 cm³/mol. The molecule has 0 bridgehead atoms. The highest BCUT2D eigenvalue weighted by Crippen LogP contribution is 2.28. The van der Waals surface area contributed by atoms with Gasteiger partial charge in [0, 0.05) is 23.7 Å². The van der Waals surface area contributed by atoms with E-state index < -0.39 is 0 Å². The molecule has 2 fully saturated rings. The molecule has 0 aromatic heterocycles. The molecule has 108 valence electrons. The Morgan fingerprint density at radius 1 is 1.30 bits per heavy atom. The number of halogens is 1. The van der Waals surface area contributed by atoms with Crippen molar-refractivity contribution < 1.29 is 9.90 Å². The van der Waals surface area contributed by atoms with E-state index in [2.05, 4.69) is 10.2 Å². The maximum absolute atomic E-state index is 12.3. The van der Waals surface area contributed by atoms with Crippen LogP contribution in [0.15, 0.2) is 18.2 Å². The molecule has 2 unspecified atom stereocenters. The van der Waals surface area contributed by atoms with Crippen molar-refractivity contribution in [3.8, 4) is 5.75 Å². The van der Waals surface area contributed by atoms with Gasteiger partial charge in [-0.1, -0.05) is 18.0 Å². The molecular formula is C15H19ClN2O2. The summed E-state index contributed by atoms with van der Waals surface area (Å²) in [4.78, 5) is 14.8. The van der Waals surface area contributed by atoms with Crippen LogP contribution >= 0.6 is 11.6 Å². The van der Waals surface area contributed by atoms with Gasteiger partial charge in [0.2, 0.25) is 0 Å². The third-order valence-electron chi connectivity index (χ3n) is 4.38. The van der Waals surface area contributed by atoms with E-state index in [1.54, 1.807) is 6.07 Å². The standard InChI is InChI=1S/C15H19ClN2O2/c16-10-4-5-14(19)11(9-10)15(20)17-12-6-8-18-7-2-1-3-13(12)18/h4-5,9,12-13,19H,1-3,6-8H2,(H,17,20). The molecule has 4 nitrogen and oxygen atoms in total. The highest BCUT2D eigenvalue weighted by Gasteiger charge is 2.36. The molecule has 1 aromatic carbocycles. The van der Waals surface area contributed by atoms with Crippen molar-refractivity contribution in [3.63, 3.8) is 0 Å². The fourth-order valence-electron chi connectivity index (χ4n) is 3.35. The van der Waals surface area contributed by atoms with Gasteiger partial charge in [0.1, 0.15) is 5.75 Å². The zero-order chi connectivity index (χ0) is 14.1. The van der Waals surface area contributed by atoms with Crippen LogP contribution in [0, 0.1) is 0 Å². The maximum Gasteiger partial charge on any atom is 0.255 e. The summed E-state index contributed by atoms with van der Waals surface area (Å²) in [5.41, 5.74) is 0.256. The first kappa shape index (κ1) is 13.7. The molecule has 5 heteroatoms. The van der Waals surface area contributed by atoms with Gasteiger partial charge in [-0.3, -0.25) is 9.69 Å². The number of amides is 1.